The second-order valence-electron chi connectivity index (χ2n) is 11.9. The van der Waals surface area contributed by atoms with Gasteiger partial charge in [0.05, 0.1) is 22.1 Å². The average molecular weight is 574 g/mol. The Labute approximate surface area is 259 Å². The zero-order valence-electron chi connectivity index (χ0n) is 24.4. The largest absolute Gasteiger partial charge is 0.355 e. The third-order valence-electron chi connectivity index (χ3n) is 9.44. The Hall–Kier alpha value is -6.06. The Morgan fingerprint density at radius 2 is 0.756 bits per heavy atom. The molecule has 0 saturated heterocycles. The first-order chi connectivity index (χ1) is 22.3. The van der Waals surface area contributed by atoms with Crippen molar-refractivity contribution in [2.75, 3.05) is 0 Å². The van der Waals surface area contributed by atoms with E-state index in [4.69, 9.17) is 0 Å². The van der Waals surface area contributed by atoms with Crippen molar-refractivity contribution in [2.24, 2.45) is 0 Å². The number of hydrogen-bond donors (Lipinski definition) is 1. The second-order valence-corrected chi connectivity index (χ2v) is 11.9. The molecule has 0 bridgehead atoms. The van der Waals surface area contributed by atoms with Gasteiger partial charge in [0.2, 0.25) is 0 Å². The number of para-hydroxylation sites is 4. The predicted octanol–water partition coefficient (Wildman–Crippen LogP) is 11.2. The number of aromatic nitrogens is 3. The second kappa shape index (κ2) is 9.22. The fourth-order valence-corrected chi connectivity index (χ4v) is 7.43. The smallest absolute Gasteiger partial charge is 0.0541 e. The molecular weight excluding hydrogens is 546 g/mol. The molecule has 3 nitrogen and oxygen atoms in total. The van der Waals surface area contributed by atoms with E-state index in [2.05, 4.69) is 172 Å². The van der Waals surface area contributed by atoms with Crippen molar-refractivity contribution >= 4 is 65.4 Å². The molecule has 3 heteroatoms. The minimum atomic E-state index is 1.14. The first kappa shape index (κ1) is 24.4. The highest BCUT2D eigenvalue weighted by atomic mass is 15.0. The quantitative estimate of drug-likeness (QED) is 0.218. The first-order valence-electron chi connectivity index (χ1n) is 15.4. The van der Waals surface area contributed by atoms with Crippen molar-refractivity contribution in [3.05, 3.63) is 158 Å². The van der Waals surface area contributed by atoms with Gasteiger partial charge in [0.15, 0.2) is 0 Å². The number of hydrogen-bond acceptors (Lipinski definition) is 0. The number of benzene rings is 7. The molecule has 45 heavy (non-hydrogen) atoms. The van der Waals surface area contributed by atoms with E-state index in [0.29, 0.717) is 0 Å². The fraction of sp³-hybridized carbons (Fsp3) is 0. The Morgan fingerprint density at radius 1 is 0.311 bits per heavy atom. The molecule has 7 aromatic carbocycles. The minimum Gasteiger partial charge on any atom is -0.355 e. The Balaban J connectivity index is 1.15. The lowest BCUT2D eigenvalue weighted by Crippen LogP contribution is -1.94. The van der Waals surface area contributed by atoms with E-state index < -0.39 is 0 Å². The summed E-state index contributed by atoms with van der Waals surface area (Å²) < 4.78 is 4.78. The number of H-pyrrole nitrogens is 1. The van der Waals surface area contributed by atoms with Crippen molar-refractivity contribution in [1.82, 2.24) is 14.1 Å². The van der Waals surface area contributed by atoms with Gasteiger partial charge in [-0.1, -0.05) is 91.0 Å². The van der Waals surface area contributed by atoms with Gasteiger partial charge >= 0.3 is 0 Å². The summed E-state index contributed by atoms with van der Waals surface area (Å²) >= 11 is 0. The third kappa shape index (κ3) is 3.52. The normalized spacial score (nSPS) is 12.0. The summed E-state index contributed by atoms with van der Waals surface area (Å²) in [6, 6.07) is 57.3. The molecule has 0 radical (unpaired) electrons. The Kier molecular flexibility index (Phi) is 5.00. The number of rotatable bonds is 3. The van der Waals surface area contributed by atoms with Gasteiger partial charge in [0.1, 0.15) is 0 Å². The highest BCUT2D eigenvalue weighted by molar-refractivity contribution is 6.12. The van der Waals surface area contributed by atoms with E-state index in [0.717, 1.165) is 16.7 Å². The lowest BCUT2D eigenvalue weighted by molar-refractivity contribution is 1.18. The van der Waals surface area contributed by atoms with Crippen LogP contribution in [0.2, 0.25) is 0 Å². The highest BCUT2D eigenvalue weighted by Crippen LogP contribution is 2.37. The van der Waals surface area contributed by atoms with Gasteiger partial charge in [0.25, 0.3) is 0 Å². The van der Waals surface area contributed by atoms with E-state index >= 15 is 0 Å². The van der Waals surface area contributed by atoms with Crippen LogP contribution in [0.15, 0.2) is 158 Å². The van der Waals surface area contributed by atoms with Gasteiger partial charge in [0, 0.05) is 54.7 Å². The molecule has 10 rings (SSSR count). The summed E-state index contributed by atoms with van der Waals surface area (Å²) in [7, 11) is 0. The molecule has 3 heterocycles. The zero-order valence-corrected chi connectivity index (χ0v) is 24.4. The molecule has 0 atom stereocenters. The molecule has 210 valence electrons. The molecule has 3 aromatic heterocycles. The van der Waals surface area contributed by atoms with Crippen molar-refractivity contribution in [3.63, 3.8) is 0 Å². The Bertz CT molecular complexity index is 2660. The fourth-order valence-electron chi connectivity index (χ4n) is 7.43. The molecule has 0 aliphatic rings. The van der Waals surface area contributed by atoms with E-state index in [-0.39, 0.29) is 0 Å². The Morgan fingerprint density at radius 3 is 1.31 bits per heavy atom. The van der Waals surface area contributed by atoms with E-state index in [1.807, 2.05) is 0 Å². The molecule has 0 fully saturated rings. The highest BCUT2D eigenvalue weighted by Gasteiger charge is 2.15. The monoisotopic (exact) mass is 573 g/mol. The predicted molar refractivity (Wildman–Crippen MR) is 190 cm³/mol. The molecule has 0 amide bonds. The van der Waals surface area contributed by atoms with Gasteiger partial charge in [-0.2, -0.15) is 0 Å². The van der Waals surface area contributed by atoms with Crippen LogP contribution in [0.4, 0.5) is 0 Å². The lowest BCUT2D eigenvalue weighted by atomic mass is 10.0. The lowest BCUT2D eigenvalue weighted by Gasteiger charge is -2.11. The van der Waals surface area contributed by atoms with Crippen LogP contribution in [0.1, 0.15) is 0 Å². The van der Waals surface area contributed by atoms with Crippen LogP contribution in [0.3, 0.4) is 0 Å². The molecule has 0 aliphatic carbocycles. The molecule has 1 N–H and O–H groups in total. The zero-order chi connectivity index (χ0) is 29.5. The van der Waals surface area contributed by atoms with Crippen LogP contribution in [-0.2, 0) is 0 Å². The van der Waals surface area contributed by atoms with Gasteiger partial charge < -0.3 is 14.1 Å². The SMILES string of the molecule is c1cc(-c2ccc3[nH]c4ccc(-n5c6ccccc6c6ccccc65)cc4c3c2)cc(-n2c3ccccc3c3ccccc32)c1. The topological polar surface area (TPSA) is 25.6 Å². The average Bonchev–Trinajstić information content (AvgIpc) is 3.75. The summed E-state index contributed by atoms with van der Waals surface area (Å²) in [5.74, 6) is 0. The van der Waals surface area contributed by atoms with Gasteiger partial charge in [-0.15, -0.1) is 0 Å². The van der Waals surface area contributed by atoms with Crippen molar-refractivity contribution in [2.45, 2.75) is 0 Å². The molecule has 0 aliphatic heterocycles. The first-order valence-corrected chi connectivity index (χ1v) is 15.4. The van der Waals surface area contributed by atoms with Crippen LogP contribution in [-0.4, -0.2) is 14.1 Å². The molecule has 0 saturated carbocycles. The van der Waals surface area contributed by atoms with Crippen molar-refractivity contribution in [3.8, 4) is 22.5 Å². The van der Waals surface area contributed by atoms with Crippen LogP contribution in [0.5, 0.6) is 0 Å². The van der Waals surface area contributed by atoms with Crippen LogP contribution >= 0.6 is 0 Å². The van der Waals surface area contributed by atoms with Gasteiger partial charge in [-0.25, -0.2) is 0 Å². The van der Waals surface area contributed by atoms with Crippen LogP contribution in [0.25, 0.3) is 87.9 Å². The van der Waals surface area contributed by atoms with Crippen LogP contribution in [0, 0.1) is 0 Å². The van der Waals surface area contributed by atoms with E-state index in [1.54, 1.807) is 0 Å². The number of nitrogens with one attached hydrogen (secondary N) is 1. The van der Waals surface area contributed by atoms with E-state index in [1.165, 1.54) is 71.2 Å². The summed E-state index contributed by atoms with van der Waals surface area (Å²) in [6.07, 6.45) is 0. The number of nitrogens with zero attached hydrogens (tertiary/aromatic N) is 2. The molecule has 0 unspecified atom stereocenters. The summed E-state index contributed by atoms with van der Waals surface area (Å²) in [5.41, 5.74) is 11.9. The summed E-state index contributed by atoms with van der Waals surface area (Å²) in [4.78, 5) is 3.66. The molecular formula is C42H27N3. The van der Waals surface area contributed by atoms with Crippen LogP contribution < -0.4 is 0 Å². The minimum absolute atomic E-state index is 1.14. The number of aromatic amines is 1. The standard InChI is InChI=1S/C42H27N3/c1-5-16-39-31(12-1)32-13-2-6-17-40(32)44(39)29-11-9-10-27(24-29)28-20-22-37-35(25-28)36-26-30(21-23-38(36)43-37)45-41-18-7-3-14-33(41)34-15-4-8-19-42(34)45/h1-26,43H. The number of fused-ring (bicyclic) bond motifs is 9. The molecule has 10 aromatic rings. The summed E-state index contributed by atoms with van der Waals surface area (Å²) in [5, 5.41) is 7.56. The summed E-state index contributed by atoms with van der Waals surface area (Å²) in [6.45, 7) is 0. The maximum atomic E-state index is 3.66. The maximum Gasteiger partial charge on any atom is 0.0541 e. The molecule has 0 spiro atoms. The van der Waals surface area contributed by atoms with E-state index in [9.17, 15) is 0 Å². The van der Waals surface area contributed by atoms with Gasteiger partial charge in [-0.3, -0.25) is 0 Å². The van der Waals surface area contributed by atoms with Crippen molar-refractivity contribution in [1.29, 1.82) is 0 Å². The third-order valence-corrected chi connectivity index (χ3v) is 9.44. The maximum absolute atomic E-state index is 3.66. The van der Waals surface area contributed by atoms with Crippen molar-refractivity contribution < 1.29 is 0 Å². The van der Waals surface area contributed by atoms with Gasteiger partial charge in [-0.05, 0) is 77.9 Å².